The highest BCUT2D eigenvalue weighted by Gasteiger charge is 2.48. The molecular weight excluding hydrogens is 425 g/mol. The number of hydrogen-bond acceptors (Lipinski definition) is 3. The van der Waals surface area contributed by atoms with E-state index in [4.69, 9.17) is 23.2 Å². The van der Waals surface area contributed by atoms with E-state index in [0.29, 0.717) is 34.3 Å². The number of nitrogens with zero attached hydrogens (tertiary/aromatic N) is 2. The second-order valence-electron chi connectivity index (χ2n) is 7.58. The molecule has 2 aliphatic rings. The number of amides is 4. The van der Waals surface area contributed by atoms with Crippen LogP contribution in [-0.2, 0) is 9.59 Å². The van der Waals surface area contributed by atoms with Crippen molar-refractivity contribution in [1.29, 1.82) is 0 Å². The van der Waals surface area contributed by atoms with Gasteiger partial charge in [0.2, 0.25) is 11.8 Å². The SMILES string of the molecule is O=C(CN1C(=O)N(c2cccc(Cl)c2)C(=O)C2CCCCC21)Nc1cccc(Cl)c1. The van der Waals surface area contributed by atoms with E-state index in [2.05, 4.69) is 5.32 Å². The molecule has 1 saturated heterocycles. The lowest BCUT2D eigenvalue weighted by Crippen LogP contribution is -2.64. The summed E-state index contributed by atoms with van der Waals surface area (Å²) >= 11 is 12.1. The molecule has 2 atom stereocenters. The molecule has 2 aromatic carbocycles. The van der Waals surface area contributed by atoms with Gasteiger partial charge in [-0.25, -0.2) is 9.69 Å². The smallest absolute Gasteiger partial charge is 0.324 e. The fraction of sp³-hybridized carbons (Fsp3) is 0.318. The number of anilines is 2. The zero-order chi connectivity index (χ0) is 21.3. The molecule has 0 aromatic heterocycles. The van der Waals surface area contributed by atoms with Crippen LogP contribution in [0.4, 0.5) is 16.2 Å². The summed E-state index contributed by atoms with van der Waals surface area (Å²) in [5.74, 6) is -0.886. The molecule has 1 aliphatic heterocycles. The van der Waals surface area contributed by atoms with Gasteiger partial charge in [0.15, 0.2) is 0 Å². The molecule has 2 fully saturated rings. The fourth-order valence-corrected chi connectivity index (χ4v) is 4.64. The van der Waals surface area contributed by atoms with Crippen LogP contribution in [0.15, 0.2) is 48.5 Å². The van der Waals surface area contributed by atoms with Gasteiger partial charge in [-0.15, -0.1) is 0 Å². The van der Waals surface area contributed by atoms with Crippen molar-refractivity contribution >= 4 is 52.4 Å². The van der Waals surface area contributed by atoms with Gasteiger partial charge in [-0.1, -0.05) is 48.2 Å². The summed E-state index contributed by atoms with van der Waals surface area (Å²) in [4.78, 5) is 41.9. The molecule has 1 saturated carbocycles. The molecule has 30 heavy (non-hydrogen) atoms. The van der Waals surface area contributed by atoms with E-state index in [1.165, 1.54) is 4.90 Å². The third-order valence-corrected chi connectivity index (χ3v) is 6.06. The summed E-state index contributed by atoms with van der Waals surface area (Å²) in [5.41, 5.74) is 0.974. The second-order valence-corrected chi connectivity index (χ2v) is 8.45. The predicted molar refractivity (Wildman–Crippen MR) is 117 cm³/mol. The molecule has 6 nitrogen and oxygen atoms in total. The highest BCUT2D eigenvalue weighted by Crippen LogP contribution is 2.37. The van der Waals surface area contributed by atoms with Crippen LogP contribution in [0.2, 0.25) is 10.0 Å². The minimum absolute atomic E-state index is 0.142. The number of imide groups is 1. The standard InChI is InChI=1S/C22H21Cl2N3O3/c23-14-5-3-7-16(11-14)25-20(28)13-26-19-10-2-1-9-18(19)21(29)27(22(26)30)17-8-4-6-15(24)12-17/h3-8,11-12,18-19H,1-2,9-10,13H2,(H,25,28). The lowest BCUT2D eigenvalue weighted by Gasteiger charge is -2.46. The number of urea groups is 1. The Morgan fingerprint density at radius 3 is 2.43 bits per heavy atom. The zero-order valence-corrected chi connectivity index (χ0v) is 17.7. The first-order valence-corrected chi connectivity index (χ1v) is 10.6. The summed E-state index contributed by atoms with van der Waals surface area (Å²) in [6.45, 7) is -0.142. The summed E-state index contributed by atoms with van der Waals surface area (Å²) < 4.78 is 0. The van der Waals surface area contributed by atoms with Crippen LogP contribution in [-0.4, -0.2) is 35.3 Å². The summed E-state index contributed by atoms with van der Waals surface area (Å²) in [6.07, 6.45) is 3.24. The van der Waals surface area contributed by atoms with Crippen LogP contribution in [0.1, 0.15) is 25.7 Å². The third-order valence-electron chi connectivity index (χ3n) is 5.59. The van der Waals surface area contributed by atoms with E-state index in [9.17, 15) is 14.4 Å². The third kappa shape index (κ3) is 4.16. The van der Waals surface area contributed by atoms with Crippen molar-refractivity contribution in [2.75, 3.05) is 16.8 Å². The zero-order valence-electron chi connectivity index (χ0n) is 16.2. The molecule has 2 aromatic rings. The first-order valence-electron chi connectivity index (χ1n) is 9.89. The predicted octanol–water partition coefficient (Wildman–Crippen LogP) is 4.96. The fourth-order valence-electron chi connectivity index (χ4n) is 4.26. The molecule has 1 heterocycles. The maximum Gasteiger partial charge on any atom is 0.332 e. The van der Waals surface area contributed by atoms with Gasteiger partial charge >= 0.3 is 6.03 Å². The number of hydrogen-bond donors (Lipinski definition) is 1. The average molecular weight is 446 g/mol. The molecule has 2 unspecified atom stereocenters. The van der Waals surface area contributed by atoms with Crippen molar-refractivity contribution in [2.45, 2.75) is 31.7 Å². The highest BCUT2D eigenvalue weighted by molar-refractivity contribution is 6.31. The Balaban J connectivity index is 1.60. The average Bonchev–Trinajstić information content (AvgIpc) is 2.71. The van der Waals surface area contributed by atoms with E-state index >= 15 is 0 Å². The normalized spacial score (nSPS) is 21.4. The van der Waals surface area contributed by atoms with E-state index < -0.39 is 6.03 Å². The lowest BCUT2D eigenvalue weighted by atomic mass is 9.81. The Bertz CT molecular complexity index is 997. The molecule has 4 rings (SSSR count). The number of fused-ring (bicyclic) bond motifs is 1. The van der Waals surface area contributed by atoms with Crippen molar-refractivity contribution in [3.05, 3.63) is 58.6 Å². The lowest BCUT2D eigenvalue weighted by molar-refractivity contribution is -0.128. The molecule has 1 N–H and O–H groups in total. The quantitative estimate of drug-likeness (QED) is 0.722. The summed E-state index contributed by atoms with van der Waals surface area (Å²) in [6, 6.07) is 12.7. The molecule has 1 aliphatic carbocycles. The Kier molecular flexibility index (Phi) is 5.97. The van der Waals surface area contributed by atoms with Crippen LogP contribution in [0.25, 0.3) is 0 Å². The van der Waals surface area contributed by atoms with Crippen LogP contribution in [0.5, 0.6) is 0 Å². The maximum absolute atomic E-state index is 13.3. The van der Waals surface area contributed by atoms with E-state index in [1.807, 2.05) is 0 Å². The topological polar surface area (TPSA) is 69.7 Å². The van der Waals surface area contributed by atoms with Gasteiger partial charge in [0.05, 0.1) is 11.6 Å². The summed E-state index contributed by atoms with van der Waals surface area (Å²) in [5, 5.41) is 3.72. The first-order chi connectivity index (χ1) is 14.4. The van der Waals surface area contributed by atoms with Crippen LogP contribution in [0.3, 0.4) is 0 Å². The molecule has 8 heteroatoms. The van der Waals surface area contributed by atoms with E-state index in [-0.39, 0.29) is 30.3 Å². The number of halogens is 2. The minimum atomic E-state index is -0.494. The molecular formula is C22H21Cl2N3O3. The van der Waals surface area contributed by atoms with Gasteiger partial charge < -0.3 is 10.2 Å². The Morgan fingerprint density at radius 1 is 1.00 bits per heavy atom. The largest absolute Gasteiger partial charge is 0.332 e. The molecule has 0 bridgehead atoms. The van der Waals surface area contributed by atoms with Gasteiger partial charge in [-0.05, 0) is 49.2 Å². The molecule has 156 valence electrons. The maximum atomic E-state index is 13.3. The van der Waals surface area contributed by atoms with Crippen LogP contribution >= 0.6 is 23.2 Å². The molecule has 4 amide bonds. The van der Waals surface area contributed by atoms with Gasteiger partial charge in [0.25, 0.3) is 0 Å². The number of benzene rings is 2. The van der Waals surface area contributed by atoms with Crippen molar-refractivity contribution in [1.82, 2.24) is 4.90 Å². The number of carbonyl (C=O) groups excluding carboxylic acids is 3. The van der Waals surface area contributed by atoms with Crippen molar-refractivity contribution in [3.63, 3.8) is 0 Å². The van der Waals surface area contributed by atoms with Crippen molar-refractivity contribution in [3.8, 4) is 0 Å². The summed E-state index contributed by atoms with van der Waals surface area (Å²) in [7, 11) is 0. The first kappa shape index (κ1) is 20.7. The highest BCUT2D eigenvalue weighted by atomic mass is 35.5. The molecule has 0 spiro atoms. The second kappa shape index (κ2) is 8.66. The van der Waals surface area contributed by atoms with Gasteiger partial charge in [0.1, 0.15) is 6.54 Å². The van der Waals surface area contributed by atoms with Crippen LogP contribution in [0, 0.1) is 5.92 Å². The van der Waals surface area contributed by atoms with Gasteiger partial charge in [-0.2, -0.15) is 0 Å². The Labute approximate surface area is 184 Å². The Hall–Kier alpha value is -2.57. The monoisotopic (exact) mass is 445 g/mol. The van der Waals surface area contributed by atoms with Gasteiger partial charge in [-0.3, -0.25) is 9.59 Å². The van der Waals surface area contributed by atoms with Crippen LogP contribution < -0.4 is 10.2 Å². The minimum Gasteiger partial charge on any atom is -0.324 e. The van der Waals surface area contributed by atoms with E-state index in [1.54, 1.807) is 48.5 Å². The number of rotatable bonds is 4. The van der Waals surface area contributed by atoms with Gasteiger partial charge in [0, 0.05) is 21.8 Å². The molecule has 0 radical (unpaired) electrons. The van der Waals surface area contributed by atoms with Crippen molar-refractivity contribution < 1.29 is 14.4 Å². The number of nitrogens with one attached hydrogen (secondary N) is 1. The Morgan fingerprint density at radius 2 is 1.70 bits per heavy atom. The van der Waals surface area contributed by atoms with E-state index in [0.717, 1.165) is 17.7 Å². The number of carbonyl (C=O) groups is 3. The van der Waals surface area contributed by atoms with Crippen molar-refractivity contribution in [2.24, 2.45) is 5.92 Å².